The van der Waals surface area contributed by atoms with Crippen molar-refractivity contribution in [1.82, 2.24) is 4.90 Å². The van der Waals surface area contributed by atoms with Crippen LogP contribution in [-0.4, -0.2) is 30.1 Å². The van der Waals surface area contributed by atoms with Gasteiger partial charge in [-0.2, -0.15) is 0 Å². The molecule has 0 spiro atoms. The molecule has 0 bridgehead atoms. The Morgan fingerprint density at radius 1 is 1.40 bits per heavy atom. The fourth-order valence-corrected chi connectivity index (χ4v) is 2.85. The van der Waals surface area contributed by atoms with Crippen LogP contribution in [0.4, 0.5) is 10.5 Å². The summed E-state index contributed by atoms with van der Waals surface area (Å²) in [5.41, 5.74) is 7.61. The summed E-state index contributed by atoms with van der Waals surface area (Å²) in [5, 5.41) is 3.01. The number of benzene rings is 1. The molecule has 4 nitrogen and oxygen atoms in total. The summed E-state index contributed by atoms with van der Waals surface area (Å²) < 4.78 is 0. The van der Waals surface area contributed by atoms with Crippen LogP contribution in [-0.2, 0) is 0 Å². The Morgan fingerprint density at radius 3 is 2.80 bits per heavy atom. The first-order valence-electron chi connectivity index (χ1n) is 7.55. The second-order valence-electron chi connectivity index (χ2n) is 5.57. The average Bonchev–Trinajstić information content (AvgIpc) is 2.93. The van der Waals surface area contributed by atoms with E-state index in [4.69, 9.17) is 5.73 Å². The summed E-state index contributed by atoms with van der Waals surface area (Å²) >= 11 is 0. The molecule has 1 aliphatic rings. The van der Waals surface area contributed by atoms with Gasteiger partial charge in [0, 0.05) is 18.3 Å². The first-order chi connectivity index (χ1) is 9.70. The highest BCUT2D eigenvalue weighted by atomic mass is 16.2. The summed E-state index contributed by atoms with van der Waals surface area (Å²) in [6.07, 6.45) is 5.54. The van der Waals surface area contributed by atoms with E-state index in [1.54, 1.807) is 0 Å². The van der Waals surface area contributed by atoms with Gasteiger partial charge in [0.05, 0.1) is 0 Å². The molecule has 0 atom stereocenters. The summed E-state index contributed by atoms with van der Waals surface area (Å²) in [5.74, 6) is 0. The third kappa shape index (κ3) is 3.97. The van der Waals surface area contributed by atoms with Gasteiger partial charge >= 0.3 is 6.03 Å². The van der Waals surface area contributed by atoms with E-state index in [1.165, 1.54) is 12.8 Å². The molecule has 2 amide bonds. The molecule has 0 heterocycles. The van der Waals surface area contributed by atoms with Crippen LogP contribution >= 0.6 is 0 Å². The van der Waals surface area contributed by atoms with Gasteiger partial charge in [-0.3, -0.25) is 0 Å². The molecule has 0 aliphatic heterocycles. The van der Waals surface area contributed by atoms with E-state index in [0.717, 1.165) is 37.1 Å². The zero-order valence-electron chi connectivity index (χ0n) is 12.3. The second kappa shape index (κ2) is 7.29. The smallest absolute Gasteiger partial charge is 0.322 e. The predicted octanol–water partition coefficient (Wildman–Crippen LogP) is 3.12. The zero-order valence-corrected chi connectivity index (χ0v) is 12.3. The van der Waals surface area contributed by atoms with Gasteiger partial charge in [-0.1, -0.05) is 25.0 Å². The molecule has 0 aromatic heterocycles. The molecule has 1 aliphatic carbocycles. The van der Waals surface area contributed by atoms with Gasteiger partial charge in [-0.05, 0) is 50.4 Å². The minimum absolute atomic E-state index is 0.0101. The summed E-state index contributed by atoms with van der Waals surface area (Å²) in [6, 6.07) is 8.31. The lowest BCUT2D eigenvalue weighted by molar-refractivity contribution is 0.188. The van der Waals surface area contributed by atoms with E-state index in [2.05, 4.69) is 5.32 Å². The highest BCUT2D eigenvalue weighted by Gasteiger charge is 2.26. The van der Waals surface area contributed by atoms with Crippen molar-refractivity contribution >= 4 is 11.7 Å². The minimum Gasteiger partial charge on any atom is -0.330 e. The van der Waals surface area contributed by atoms with Crippen LogP contribution in [0.3, 0.4) is 0 Å². The first-order valence-corrected chi connectivity index (χ1v) is 7.55. The Morgan fingerprint density at radius 2 is 2.15 bits per heavy atom. The summed E-state index contributed by atoms with van der Waals surface area (Å²) in [6.45, 7) is 3.40. The highest BCUT2D eigenvalue weighted by Crippen LogP contribution is 2.24. The van der Waals surface area contributed by atoms with Crippen LogP contribution in [0.25, 0.3) is 0 Å². The second-order valence-corrected chi connectivity index (χ2v) is 5.57. The molecule has 1 saturated carbocycles. The number of carbonyl (C=O) groups is 1. The maximum atomic E-state index is 12.5. The van der Waals surface area contributed by atoms with Crippen LogP contribution in [0, 0.1) is 6.92 Å². The Balaban J connectivity index is 2.01. The lowest BCUT2D eigenvalue weighted by Gasteiger charge is -2.29. The van der Waals surface area contributed by atoms with Gasteiger partial charge in [0.1, 0.15) is 0 Å². The van der Waals surface area contributed by atoms with Crippen molar-refractivity contribution in [1.29, 1.82) is 0 Å². The third-order valence-corrected chi connectivity index (χ3v) is 3.90. The monoisotopic (exact) mass is 275 g/mol. The number of carbonyl (C=O) groups excluding carboxylic acids is 1. The summed E-state index contributed by atoms with van der Waals surface area (Å²) in [7, 11) is 0. The number of nitrogens with two attached hydrogens (primary N) is 1. The van der Waals surface area contributed by atoms with E-state index in [0.29, 0.717) is 12.6 Å². The maximum absolute atomic E-state index is 12.5. The molecule has 4 heteroatoms. The van der Waals surface area contributed by atoms with E-state index in [-0.39, 0.29) is 6.03 Å². The van der Waals surface area contributed by atoms with Gasteiger partial charge in [0.2, 0.25) is 0 Å². The van der Waals surface area contributed by atoms with Crippen molar-refractivity contribution in [3.05, 3.63) is 29.8 Å². The maximum Gasteiger partial charge on any atom is 0.322 e. The molecule has 0 unspecified atom stereocenters. The first kappa shape index (κ1) is 14.9. The van der Waals surface area contributed by atoms with Crippen molar-refractivity contribution in [2.45, 2.75) is 45.1 Å². The normalized spacial score (nSPS) is 15.3. The predicted molar refractivity (Wildman–Crippen MR) is 82.8 cm³/mol. The fourth-order valence-electron chi connectivity index (χ4n) is 2.85. The van der Waals surface area contributed by atoms with Crippen LogP contribution in [0.1, 0.15) is 37.7 Å². The van der Waals surface area contributed by atoms with Crippen LogP contribution in [0.5, 0.6) is 0 Å². The molecule has 1 fully saturated rings. The molecular formula is C16H25N3O. The Kier molecular flexibility index (Phi) is 5.41. The lowest BCUT2D eigenvalue weighted by atomic mass is 10.2. The van der Waals surface area contributed by atoms with Gasteiger partial charge in [-0.15, -0.1) is 0 Å². The van der Waals surface area contributed by atoms with Crippen molar-refractivity contribution < 1.29 is 4.79 Å². The molecule has 2 rings (SSSR count). The van der Waals surface area contributed by atoms with E-state index in [1.807, 2.05) is 36.1 Å². The molecule has 0 radical (unpaired) electrons. The van der Waals surface area contributed by atoms with Gasteiger partial charge in [-0.25, -0.2) is 4.79 Å². The lowest BCUT2D eigenvalue weighted by Crippen LogP contribution is -2.42. The fraction of sp³-hybridized carbons (Fsp3) is 0.562. The standard InChI is InChI=1S/C16H25N3O/c1-13-6-4-7-14(12-13)18-16(20)19(11-5-10-17)15-8-2-3-9-15/h4,6-7,12,15H,2-3,5,8-11,17H2,1H3,(H,18,20). The largest absolute Gasteiger partial charge is 0.330 e. The third-order valence-electron chi connectivity index (χ3n) is 3.90. The number of nitrogens with one attached hydrogen (secondary N) is 1. The Bertz CT molecular complexity index is 441. The SMILES string of the molecule is Cc1cccc(NC(=O)N(CCCN)C2CCCC2)c1. The van der Waals surface area contributed by atoms with Gasteiger partial charge in [0.25, 0.3) is 0 Å². The number of hydrogen-bond acceptors (Lipinski definition) is 2. The molecule has 3 N–H and O–H groups in total. The van der Waals surface area contributed by atoms with E-state index < -0.39 is 0 Å². The summed E-state index contributed by atoms with van der Waals surface area (Å²) in [4.78, 5) is 14.5. The number of hydrogen-bond donors (Lipinski definition) is 2. The van der Waals surface area contributed by atoms with Gasteiger partial charge in [0.15, 0.2) is 0 Å². The highest BCUT2D eigenvalue weighted by molar-refractivity contribution is 5.89. The molecular weight excluding hydrogens is 250 g/mol. The van der Waals surface area contributed by atoms with E-state index >= 15 is 0 Å². The van der Waals surface area contributed by atoms with Crippen molar-refractivity contribution in [3.8, 4) is 0 Å². The van der Waals surface area contributed by atoms with Crippen LogP contribution < -0.4 is 11.1 Å². The molecule has 110 valence electrons. The van der Waals surface area contributed by atoms with Crippen LogP contribution in [0.2, 0.25) is 0 Å². The number of aryl methyl sites for hydroxylation is 1. The minimum atomic E-state index is 0.0101. The van der Waals surface area contributed by atoms with Crippen LogP contribution in [0.15, 0.2) is 24.3 Å². The number of nitrogens with zero attached hydrogens (tertiary/aromatic N) is 1. The zero-order chi connectivity index (χ0) is 14.4. The molecule has 1 aromatic carbocycles. The molecule has 1 aromatic rings. The number of rotatable bonds is 5. The Hall–Kier alpha value is -1.55. The topological polar surface area (TPSA) is 58.4 Å². The van der Waals surface area contributed by atoms with Gasteiger partial charge < -0.3 is 16.0 Å². The number of urea groups is 1. The van der Waals surface area contributed by atoms with Crippen molar-refractivity contribution in [3.63, 3.8) is 0 Å². The number of anilines is 1. The molecule has 20 heavy (non-hydrogen) atoms. The quantitative estimate of drug-likeness (QED) is 0.867. The van der Waals surface area contributed by atoms with Crippen molar-refractivity contribution in [2.75, 3.05) is 18.4 Å². The van der Waals surface area contributed by atoms with Crippen molar-refractivity contribution in [2.24, 2.45) is 5.73 Å². The Labute approximate surface area is 121 Å². The average molecular weight is 275 g/mol. The number of amides is 2. The van der Waals surface area contributed by atoms with E-state index in [9.17, 15) is 4.79 Å². The molecule has 0 saturated heterocycles.